The first-order chi connectivity index (χ1) is 4.66. The fourth-order valence-electron chi connectivity index (χ4n) is 0.752. The smallest absolute Gasteiger partial charge is 0.740 e. The molecule has 1 heterocycles. The van der Waals surface area contributed by atoms with Gasteiger partial charge in [-0.25, -0.2) is 9.48 Å². The van der Waals surface area contributed by atoms with Gasteiger partial charge in [-0.2, -0.15) is 5.10 Å². The number of nitrogens with zero attached hydrogens (tertiary/aromatic N) is 3. The molecule has 0 aliphatic carbocycles. The Balaban J connectivity index is 0.000001000. The van der Waals surface area contributed by atoms with Gasteiger partial charge in [-0.15, -0.1) is 0 Å². The van der Waals surface area contributed by atoms with Gasteiger partial charge in [-0.05, 0) is 6.92 Å². The van der Waals surface area contributed by atoms with Crippen molar-refractivity contribution >= 4 is 12.6 Å². The van der Waals surface area contributed by atoms with E-state index in [4.69, 9.17) is 12.6 Å². The average molecular weight is 197 g/mol. The van der Waals surface area contributed by atoms with Crippen molar-refractivity contribution in [3.05, 3.63) is 10.5 Å². The van der Waals surface area contributed by atoms with Gasteiger partial charge < -0.3 is 12.6 Å². The van der Waals surface area contributed by atoms with Crippen molar-refractivity contribution in [2.75, 3.05) is 0 Å². The Morgan fingerprint density at radius 1 is 1.64 bits per heavy atom. The van der Waals surface area contributed by atoms with E-state index >= 15 is 0 Å². The van der Waals surface area contributed by atoms with E-state index in [1.165, 1.54) is 9.25 Å². The molecule has 0 spiro atoms. The van der Waals surface area contributed by atoms with Gasteiger partial charge in [0, 0.05) is 18.7 Å². The van der Waals surface area contributed by atoms with Crippen LogP contribution in [-0.2, 0) is 26.2 Å². The van der Waals surface area contributed by atoms with Crippen molar-refractivity contribution in [1.82, 2.24) is 14.3 Å². The van der Waals surface area contributed by atoms with Crippen LogP contribution >= 0.6 is 0 Å². The molecular formula is C5H8KN3OS. The molecule has 1 rings (SSSR count). The third-order valence-electron chi connectivity index (χ3n) is 1.29. The summed E-state index contributed by atoms with van der Waals surface area (Å²) in [5.74, 6) is 0. The van der Waals surface area contributed by atoms with E-state index in [1.807, 2.05) is 6.92 Å². The normalized spacial score (nSPS) is 9.27. The first-order valence-corrected chi connectivity index (χ1v) is 3.38. The predicted molar refractivity (Wildman–Crippen MR) is 38.8 cm³/mol. The summed E-state index contributed by atoms with van der Waals surface area (Å²) in [4.78, 5) is 11.0. The van der Waals surface area contributed by atoms with Crippen molar-refractivity contribution in [3.63, 3.8) is 0 Å². The molecule has 0 unspecified atom stereocenters. The third-order valence-corrected chi connectivity index (χ3v) is 1.59. The van der Waals surface area contributed by atoms with Gasteiger partial charge in [-0.1, -0.05) is 0 Å². The second kappa shape index (κ2) is 4.73. The van der Waals surface area contributed by atoms with Gasteiger partial charge in [0.2, 0.25) is 0 Å². The summed E-state index contributed by atoms with van der Waals surface area (Å²) in [5.41, 5.74) is -0.146. The Hall–Kier alpha value is 0.796. The van der Waals surface area contributed by atoms with Crippen LogP contribution in [0.5, 0.6) is 0 Å². The minimum Gasteiger partial charge on any atom is -0.740 e. The Labute approximate surface area is 113 Å². The average Bonchev–Trinajstić information content (AvgIpc) is 2.09. The molecule has 56 valence electrons. The molecule has 1 aromatic heterocycles. The number of aromatic nitrogens is 3. The molecule has 0 bridgehead atoms. The zero-order valence-corrected chi connectivity index (χ0v) is 10.8. The zero-order valence-electron chi connectivity index (χ0n) is 6.87. The van der Waals surface area contributed by atoms with Gasteiger partial charge in [0.25, 0.3) is 0 Å². The molecule has 0 aromatic carbocycles. The Morgan fingerprint density at radius 2 is 2.18 bits per heavy atom. The zero-order chi connectivity index (χ0) is 7.72. The van der Waals surface area contributed by atoms with Crippen LogP contribution in [-0.4, -0.2) is 14.3 Å². The molecule has 0 radical (unpaired) electrons. The van der Waals surface area contributed by atoms with E-state index < -0.39 is 0 Å². The van der Waals surface area contributed by atoms with Crippen LogP contribution in [0.25, 0.3) is 0 Å². The molecular weight excluding hydrogens is 189 g/mol. The van der Waals surface area contributed by atoms with E-state index in [9.17, 15) is 4.79 Å². The van der Waals surface area contributed by atoms with E-state index in [2.05, 4.69) is 5.10 Å². The number of hydrogen-bond acceptors (Lipinski definition) is 3. The fraction of sp³-hybridized carbons (Fsp3) is 0.600. The van der Waals surface area contributed by atoms with Gasteiger partial charge in [0.05, 0.1) is 0 Å². The van der Waals surface area contributed by atoms with Crippen LogP contribution in [0.2, 0.25) is 0 Å². The molecule has 1 aromatic rings. The summed E-state index contributed by atoms with van der Waals surface area (Å²) in [6, 6.07) is 0. The first-order valence-electron chi connectivity index (χ1n) is 2.97. The molecule has 0 aliphatic heterocycles. The molecule has 0 aliphatic rings. The Bertz CT molecular complexity index is 292. The van der Waals surface area contributed by atoms with Gasteiger partial charge in [-0.3, -0.25) is 4.57 Å². The monoisotopic (exact) mass is 197 g/mol. The largest absolute Gasteiger partial charge is 1.00 e. The predicted octanol–water partition coefficient (Wildman–Crippen LogP) is -3.49. The minimum absolute atomic E-state index is 0. The van der Waals surface area contributed by atoms with Crippen LogP contribution in [0.3, 0.4) is 0 Å². The van der Waals surface area contributed by atoms with Crippen molar-refractivity contribution in [2.45, 2.75) is 18.6 Å². The summed E-state index contributed by atoms with van der Waals surface area (Å²) >= 11 is 4.79. The summed E-state index contributed by atoms with van der Waals surface area (Å²) < 4.78 is 2.68. The summed E-state index contributed by atoms with van der Waals surface area (Å²) in [7, 11) is 1.59. The third kappa shape index (κ3) is 2.36. The molecule has 11 heavy (non-hydrogen) atoms. The minimum atomic E-state index is -0.146. The van der Waals surface area contributed by atoms with Crippen molar-refractivity contribution < 1.29 is 51.4 Å². The molecule has 0 fully saturated rings. The van der Waals surface area contributed by atoms with Crippen molar-refractivity contribution in [3.8, 4) is 0 Å². The maximum atomic E-state index is 11.0. The fourth-order valence-corrected chi connectivity index (χ4v) is 1.08. The maximum Gasteiger partial charge on any atom is 1.00 e. The Kier molecular flexibility index (Phi) is 5.08. The molecule has 0 saturated heterocycles. The van der Waals surface area contributed by atoms with Crippen molar-refractivity contribution in [1.29, 1.82) is 0 Å². The quantitative estimate of drug-likeness (QED) is 0.347. The first kappa shape index (κ1) is 11.8. The van der Waals surface area contributed by atoms with Crippen LogP contribution in [0.4, 0.5) is 0 Å². The molecule has 0 N–H and O–H groups in total. The summed E-state index contributed by atoms with van der Waals surface area (Å²) in [5, 5.41) is 4.12. The topological polar surface area (TPSA) is 39.8 Å². The van der Waals surface area contributed by atoms with Gasteiger partial charge >= 0.3 is 57.1 Å². The second-order valence-corrected chi connectivity index (χ2v) is 2.30. The number of hydrogen-bond donors (Lipinski definition) is 0. The molecule has 0 amide bonds. The van der Waals surface area contributed by atoms with Crippen molar-refractivity contribution in [2.24, 2.45) is 7.05 Å². The number of rotatable bonds is 1. The standard InChI is InChI=1S/C5H9N3OS.K/c1-3-8-4(10)6-7(2)5(8)9;/h3H2,1-2H3,(H,6,10);/q;+1/p-1. The van der Waals surface area contributed by atoms with Crippen LogP contribution in [0, 0.1) is 0 Å². The van der Waals surface area contributed by atoms with Crippen LogP contribution in [0.15, 0.2) is 9.95 Å². The van der Waals surface area contributed by atoms with E-state index in [1.54, 1.807) is 7.05 Å². The summed E-state index contributed by atoms with van der Waals surface area (Å²) in [6.07, 6.45) is 0. The molecule has 0 saturated carbocycles. The van der Waals surface area contributed by atoms with E-state index in [0.29, 0.717) is 11.7 Å². The second-order valence-electron chi connectivity index (χ2n) is 1.93. The van der Waals surface area contributed by atoms with E-state index in [0.717, 1.165) is 0 Å². The summed E-state index contributed by atoms with van der Waals surface area (Å²) in [6.45, 7) is 2.45. The molecule has 0 atom stereocenters. The van der Waals surface area contributed by atoms with Gasteiger partial charge in [0.1, 0.15) is 0 Å². The SMILES string of the molecule is CCn1c([S-])nn(C)c1=O.[K+]. The molecule has 6 heteroatoms. The maximum absolute atomic E-state index is 11.0. The van der Waals surface area contributed by atoms with Crippen LogP contribution in [0.1, 0.15) is 6.92 Å². The number of aryl methyl sites for hydroxylation is 1. The Morgan fingerprint density at radius 3 is 2.36 bits per heavy atom. The van der Waals surface area contributed by atoms with Gasteiger partial charge in [0.15, 0.2) is 0 Å². The molecule has 4 nitrogen and oxygen atoms in total. The van der Waals surface area contributed by atoms with Crippen LogP contribution < -0.4 is 57.1 Å². The van der Waals surface area contributed by atoms with E-state index in [-0.39, 0.29) is 57.1 Å².